The van der Waals surface area contributed by atoms with E-state index in [1.54, 1.807) is 10.6 Å². The normalized spacial score (nSPS) is 10.7. The Labute approximate surface area is 186 Å². The van der Waals surface area contributed by atoms with E-state index in [0.29, 0.717) is 23.2 Å². The molecule has 11 heteroatoms. The Balaban J connectivity index is 1.58. The predicted molar refractivity (Wildman–Crippen MR) is 114 cm³/mol. The van der Waals surface area contributed by atoms with Gasteiger partial charge in [0, 0.05) is 12.2 Å². The number of carbonyl (C=O) groups is 2. The van der Waals surface area contributed by atoms with Crippen molar-refractivity contribution in [2.75, 3.05) is 11.1 Å². The number of hydrogen-bond acceptors (Lipinski definition) is 5. The SMILES string of the molecule is CCn1c(CNC(=O)c2ccccc2F)nnc1SCC(=O)Nc1ccc(F)c(Cl)c1. The number of amides is 2. The van der Waals surface area contributed by atoms with Gasteiger partial charge in [0.1, 0.15) is 11.6 Å². The number of aromatic nitrogens is 3. The maximum atomic E-state index is 13.7. The fourth-order valence-corrected chi connectivity index (χ4v) is 3.68. The van der Waals surface area contributed by atoms with Crippen molar-refractivity contribution in [2.45, 2.75) is 25.2 Å². The average molecular weight is 466 g/mol. The number of nitrogens with one attached hydrogen (secondary N) is 2. The summed E-state index contributed by atoms with van der Waals surface area (Å²) in [5, 5.41) is 13.8. The fourth-order valence-electron chi connectivity index (χ4n) is 2.68. The van der Waals surface area contributed by atoms with E-state index in [1.165, 1.54) is 36.4 Å². The molecule has 2 amide bonds. The van der Waals surface area contributed by atoms with E-state index in [2.05, 4.69) is 20.8 Å². The zero-order valence-corrected chi connectivity index (χ0v) is 17.9. The Morgan fingerprint density at radius 2 is 1.90 bits per heavy atom. The molecule has 0 bridgehead atoms. The molecule has 0 aliphatic heterocycles. The molecule has 0 unspecified atom stereocenters. The molecule has 0 fully saturated rings. The summed E-state index contributed by atoms with van der Waals surface area (Å²) in [5.41, 5.74) is 0.322. The second kappa shape index (κ2) is 10.4. The standard InChI is InChI=1S/C20H18ClF2N5O2S/c1-2-28-17(10-24-19(30)13-5-3-4-6-15(13)22)26-27-20(28)31-11-18(29)25-12-7-8-16(23)14(21)9-12/h3-9H,2,10-11H2,1H3,(H,24,30)(H,25,29). The molecular formula is C20H18ClF2N5O2S. The minimum Gasteiger partial charge on any atom is -0.345 e. The molecule has 0 aliphatic carbocycles. The van der Waals surface area contributed by atoms with Crippen LogP contribution in [-0.4, -0.2) is 32.3 Å². The highest BCUT2D eigenvalue weighted by Gasteiger charge is 2.16. The zero-order valence-electron chi connectivity index (χ0n) is 16.4. The highest BCUT2D eigenvalue weighted by molar-refractivity contribution is 7.99. The van der Waals surface area contributed by atoms with Gasteiger partial charge in [-0.3, -0.25) is 9.59 Å². The lowest BCUT2D eigenvalue weighted by Gasteiger charge is -2.09. The third-order valence-corrected chi connectivity index (χ3v) is 5.43. The van der Waals surface area contributed by atoms with Crippen LogP contribution < -0.4 is 10.6 Å². The molecule has 0 aliphatic rings. The maximum Gasteiger partial charge on any atom is 0.254 e. The van der Waals surface area contributed by atoms with Crippen LogP contribution >= 0.6 is 23.4 Å². The van der Waals surface area contributed by atoms with Gasteiger partial charge in [0.05, 0.1) is 22.9 Å². The van der Waals surface area contributed by atoms with E-state index in [9.17, 15) is 18.4 Å². The van der Waals surface area contributed by atoms with Crippen LogP contribution in [0.4, 0.5) is 14.5 Å². The third-order valence-electron chi connectivity index (χ3n) is 4.17. The quantitative estimate of drug-likeness (QED) is 0.493. The van der Waals surface area contributed by atoms with E-state index in [-0.39, 0.29) is 28.8 Å². The highest BCUT2D eigenvalue weighted by Crippen LogP contribution is 2.21. The van der Waals surface area contributed by atoms with Crippen molar-refractivity contribution in [3.8, 4) is 0 Å². The van der Waals surface area contributed by atoms with Crippen LogP contribution in [-0.2, 0) is 17.9 Å². The molecule has 3 aromatic rings. The lowest BCUT2D eigenvalue weighted by molar-refractivity contribution is -0.113. The summed E-state index contributed by atoms with van der Waals surface area (Å²) in [5.74, 6) is -1.56. The number of carbonyl (C=O) groups excluding carboxylic acids is 2. The third kappa shape index (κ3) is 5.80. The average Bonchev–Trinajstić information content (AvgIpc) is 3.15. The van der Waals surface area contributed by atoms with Crippen molar-refractivity contribution in [3.63, 3.8) is 0 Å². The minimum atomic E-state index is -0.610. The lowest BCUT2D eigenvalue weighted by Crippen LogP contribution is -2.25. The number of benzene rings is 2. The first-order valence-electron chi connectivity index (χ1n) is 9.21. The van der Waals surface area contributed by atoms with Crippen LogP contribution in [0.1, 0.15) is 23.1 Å². The monoisotopic (exact) mass is 465 g/mol. The van der Waals surface area contributed by atoms with E-state index in [1.807, 2.05) is 6.92 Å². The molecule has 1 heterocycles. The molecule has 7 nitrogen and oxygen atoms in total. The molecule has 2 aromatic carbocycles. The highest BCUT2D eigenvalue weighted by atomic mass is 35.5. The molecule has 0 saturated carbocycles. The number of halogens is 3. The van der Waals surface area contributed by atoms with Gasteiger partial charge in [0.15, 0.2) is 11.0 Å². The Morgan fingerprint density at radius 1 is 1.13 bits per heavy atom. The molecule has 0 atom stereocenters. The summed E-state index contributed by atoms with van der Waals surface area (Å²) in [7, 11) is 0. The van der Waals surface area contributed by atoms with E-state index in [0.717, 1.165) is 11.8 Å². The van der Waals surface area contributed by atoms with Crippen molar-refractivity contribution >= 4 is 40.9 Å². The summed E-state index contributed by atoms with van der Waals surface area (Å²) in [4.78, 5) is 24.4. The van der Waals surface area contributed by atoms with Crippen molar-refractivity contribution in [2.24, 2.45) is 0 Å². The molecule has 0 radical (unpaired) electrons. The van der Waals surface area contributed by atoms with Gasteiger partial charge >= 0.3 is 0 Å². The van der Waals surface area contributed by atoms with Crippen molar-refractivity contribution < 1.29 is 18.4 Å². The second-order valence-corrected chi connectivity index (χ2v) is 7.62. The zero-order chi connectivity index (χ0) is 22.4. The summed E-state index contributed by atoms with van der Waals surface area (Å²) < 4.78 is 28.7. The van der Waals surface area contributed by atoms with Gasteiger partial charge in [-0.2, -0.15) is 0 Å². The van der Waals surface area contributed by atoms with Crippen LogP contribution in [0.25, 0.3) is 0 Å². The summed E-state index contributed by atoms with van der Waals surface area (Å²) >= 11 is 6.87. The minimum absolute atomic E-state index is 0.0364. The molecule has 1 aromatic heterocycles. The van der Waals surface area contributed by atoms with Gasteiger partial charge in [-0.1, -0.05) is 35.5 Å². The number of rotatable bonds is 8. The number of anilines is 1. The summed E-state index contributed by atoms with van der Waals surface area (Å²) in [6.45, 7) is 2.43. The van der Waals surface area contributed by atoms with E-state index >= 15 is 0 Å². The van der Waals surface area contributed by atoms with E-state index < -0.39 is 17.5 Å². The van der Waals surface area contributed by atoms with Crippen LogP contribution in [0.15, 0.2) is 47.6 Å². The molecule has 3 rings (SSSR count). The van der Waals surface area contributed by atoms with Crippen LogP contribution in [0.5, 0.6) is 0 Å². The van der Waals surface area contributed by atoms with Gasteiger partial charge in [0.2, 0.25) is 5.91 Å². The van der Waals surface area contributed by atoms with Crippen molar-refractivity contribution in [1.29, 1.82) is 0 Å². The summed E-state index contributed by atoms with van der Waals surface area (Å²) in [6, 6.07) is 9.59. The number of hydrogen-bond donors (Lipinski definition) is 2. The molecule has 31 heavy (non-hydrogen) atoms. The molecule has 0 spiro atoms. The Hall–Kier alpha value is -2.98. The van der Waals surface area contributed by atoms with E-state index in [4.69, 9.17) is 11.6 Å². The molecule has 2 N–H and O–H groups in total. The second-order valence-electron chi connectivity index (χ2n) is 6.27. The predicted octanol–water partition coefficient (Wildman–Crippen LogP) is 3.89. The van der Waals surface area contributed by atoms with Gasteiger partial charge in [-0.25, -0.2) is 8.78 Å². The first kappa shape index (κ1) is 22.7. The van der Waals surface area contributed by atoms with Crippen molar-refractivity contribution in [1.82, 2.24) is 20.1 Å². The van der Waals surface area contributed by atoms with Crippen molar-refractivity contribution in [3.05, 3.63) is 70.5 Å². The molecule has 162 valence electrons. The first-order valence-corrected chi connectivity index (χ1v) is 10.6. The number of thioether (sulfide) groups is 1. The molecule has 0 saturated heterocycles. The van der Waals surface area contributed by atoms with Gasteiger partial charge in [-0.15, -0.1) is 10.2 Å². The largest absolute Gasteiger partial charge is 0.345 e. The fraction of sp³-hybridized carbons (Fsp3) is 0.200. The Kier molecular flexibility index (Phi) is 7.59. The maximum absolute atomic E-state index is 13.7. The Bertz CT molecular complexity index is 1110. The van der Waals surface area contributed by atoms with Gasteiger partial charge < -0.3 is 15.2 Å². The Morgan fingerprint density at radius 3 is 2.61 bits per heavy atom. The van der Waals surface area contributed by atoms with Crippen LogP contribution in [0.3, 0.4) is 0 Å². The molecular weight excluding hydrogens is 448 g/mol. The first-order chi connectivity index (χ1) is 14.9. The number of nitrogens with zero attached hydrogens (tertiary/aromatic N) is 3. The van der Waals surface area contributed by atoms with Crippen LogP contribution in [0, 0.1) is 11.6 Å². The van der Waals surface area contributed by atoms with Gasteiger partial charge in [-0.05, 0) is 37.3 Å². The van der Waals surface area contributed by atoms with Crippen LogP contribution in [0.2, 0.25) is 5.02 Å². The lowest BCUT2D eigenvalue weighted by atomic mass is 10.2. The summed E-state index contributed by atoms with van der Waals surface area (Å²) in [6.07, 6.45) is 0. The van der Waals surface area contributed by atoms with Gasteiger partial charge in [0.25, 0.3) is 5.91 Å². The topological polar surface area (TPSA) is 88.9 Å². The smallest absolute Gasteiger partial charge is 0.254 e.